The van der Waals surface area contributed by atoms with Crippen LogP contribution in [0.4, 0.5) is 19.3 Å². The van der Waals surface area contributed by atoms with Gasteiger partial charge in [-0.3, -0.25) is 15.0 Å². The highest BCUT2D eigenvalue weighted by molar-refractivity contribution is 7.10. The Balaban J connectivity index is 0.00000392. The average Bonchev–Trinajstić information content (AvgIpc) is 3.79. The number of nitriles is 1. The molecule has 3 atom stereocenters. The highest BCUT2D eigenvalue weighted by atomic mass is 127. The number of ether oxygens (including phenoxy) is 2. The molecular weight excluding hydrogens is 855 g/mol. The zero-order valence-corrected chi connectivity index (χ0v) is 33.6. The first-order valence-corrected chi connectivity index (χ1v) is 17.1. The van der Waals surface area contributed by atoms with Gasteiger partial charge in [0.15, 0.2) is 11.9 Å². The van der Waals surface area contributed by atoms with Crippen LogP contribution in [0.15, 0.2) is 76.1 Å². The number of halogens is 4. The predicted octanol–water partition coefficient (Wildman–Crippen LogP) is 3.34. The van der Waals surface area contributed by atoms with Crippen molar-refractivity contribution in [2.45, 2.75) is 32.0 Å². The molecule has 1 aromatic heterocycles. The topological polar surface area (TPSA) is 150 Å². The number of thiazole rings is 1. The first-order chi connectivity index (χ1) is 24.8. The molecule has 1 amide bonds. The van der Waals surface area contributed by atoms with Crippen LogP contribution < -0.4 is 29.3 Å². The van der Waals surface area contributed by atoms with Gasteiger partial charge in [0, 0.05) is 28.0 Å². The van der Waals surface area contributed by atoms with Crippen molar-refractivity contribution in [2.24, 2.45) is 10.1 Å². The minimum atomic E-state index is -2.08. The molecule has 12 nitrogen and oxygen atoms in total. The summed E-state index contributed by atoms with van der Waals surface area (Å²) >= 11 is 1.24. The van der Waals surface area contributed by atoms with E-state index >= 15 is 4.39 Å². The fourth-order valence-corrected chi connectivity index (χ4v) is 6.71. The Hall–Kier alpha value is -4.38. The highest BCUT2D eigenvalue weighted by Gasteiger charge is 2.49. The van der Waals surface area contributed by atoms with Crippen LogP contribution in [0.1, 0.15) is 40.1 Å². The summed E-state index contributed by atoms with van der Waals surface area (Å²) in [6, 6.07) is 17.0. The van der Waals surface area contributed by atoms with Gasteiger partial charge >= 0.3 is 12.1 Å². The van der Waals surface area contributed by atoms with Gasteiger partial charge in [-0.15, -0.1) is 28.3 Å². The molecule has 2 N–H and O–H groups in total. The van der Waals surface area contributed by atoms with Gasteiger partial charge < -0.3 is 38.6 Å². The van der Waals surface area contributed by atoms with Crippen molar-refractivity contribution in [1.82, 2.24) is 9.88 Å². The summed E-state index contributed by atoms with van der Waals surface area (Å²) in [4.78, 5) is 35.6. The number of carbonyl (C=O) groups is 2. The van der Waals surface area contributed by atoms with Crippen LogP contribution in [-0.4, -0.2) is 84.7 Å². The minimum absolute atomic E-state index is 0. The molecule has 2 heterocycles. The van der Waals surface area contributed by atoms with Gasteiger partial charge in [0.1, 0.15) is 37.9 Å². The molecular formula is C37H39ClF2IN7O5S. The standard InChI is InChI=1S/C37H37F2N7O5S.ClH.HI/c1-24-6-5-7-32(29(24)19-51-34(47)18-45(3)4)44-36(48)50-15-14-46(23-41-22-42-46)21-37(49,30-16-28(38)12-13-31(30)39)25(2)35-43-33(20-52-35)27-10-8-26(17-40)9-11-27;;/h5-13,16,20,22-23,25,49H,14-15,18-19,21H2,1-4H3;2*1H/t25-,37+,46?;;/m0../s1. The van der Waals surface area contributed by atoms with Crippen LogP contribution in [0.3, 0.4) is 0 Å². The van der Waals surface area contributed by atoms with Gasteiger partial charge in [0.05, 0.1) is 34.6 Å². The van der Waals surface area contributed by atoms with Crippen LogP contribution >= 0.6 is 23.7 Å². The first-order valence-electron chi connectivity index (χ1n) is 16.2. The molecule has 4 aromatic rings. The average molecular weight is 894 g/mol. The number of nitrogens with zero attached hydrogens (tertiary/aromatic N) is 6. The number of aliphatic hydroxyl groups is 1. The molecule has 0 fully saturated rings. The minimum Gasteiger partial charge on any atom is -1.00 e. The van der Waals surface area contributed by atoms with Crippen molar-refractivity contribution in [2.75, 3.05) is 45.7 Å². The first kappa shape index (κ1) is 44.0. The lowest BCUT2D eigenvalue weighted by molar-refractivity contribution is -0.848. The van der Waals surface area contributed by atoms with Crippen LogP contribution in [0.5, 0.6) is 0 Å². The van der Waals surface area contributed by atoms with E-state index in [4.69, 9.17) is 19.7 Å². The second-order valence-electron chi connectivity index (χ2n) is 12.7. The maximum Gasteiger partial charge on any atom is 0.411 e. The predicted molar refractivity (Wildman–Crippen MR) is 200 cm³/mol. The van der Waals surface area contributed by atoms with E-state index in [0.29, 0.717) is 27.5 Å². The Bertz CT molecular complexity index is 2030. The summed E-state index contributed by atoms with van der Waals surface area (Å²) in [7, 11) is 3.50. The molecule has 3 aromatic carbocycles. The van der Waals surface area contributed by atoms with Crippen LogP contribution in [0.25, 0.3) is 11.3 Å². The zero-order valence-electron chi connectivity index (χ0n) is 29.8. The van der Waals surface area contributed by atoms with E-state index < -0.39 is 39.8 Å². The lowest BCUT2D eigenvalue weighted by Gasteiger charge is -2.38. The number of benzene rings is 3. The Morgan fingerprint density at radius 1 is 1.13 bits per heavy atom. The molecule has 0 radical (unpaired) electrons. The maximum atomic E-state index is 15.5. The number of hydrogen-bond acceptors (Lipinski definition) is 11. The third kappa shape index (κ3) is 10.6. The molecule has 0 saturated heterocycles. The quantitative estimate of drug-likeness (QED) is 0.111. The van der Waals surface area contributed by atoms with Gasteiger partial charge in [-0.2, -0.15) is 10.3 Å². The number of carbonyl (C=O) groups excluding carboxylic acids is 2. The summed E-state index contributed by atoms with van der Waals surface area (Å²) in [6.07, 6.45) is 1.92. The number of nitrogens with one attached hydrogen (secondary N) is 1. The van der Waals surface area contributed by atoms with E-state index in [2.05, 4.69) is 21.5 Å². The lowest BCUT2D eigenvalue weighted by atomic mass is 9.81. The van der Waals surface area contributed by atoms with E-state index in [-0.39, 0.29) is 74.8 Å². The molecule has 17 heteroatoms. The summed E-state index contributed by atoms with van der Waals surface area (Å²) in [5, 5.41) is 31.0. The largest absolute Gasteiger partial charge is 1.00 e. The fourth-order valence-electron chi connectivity index (χ4n) is 5.74. The van der Waals surface area contributed by atoms with Crippen molar-refractivity contribution in [3.8, 4) is 17.3 Å². The van der Waals surface area contributed by atoms with Crippen molar-refractivity contribution in [3.05, 3.63) is 105 Å². The van der Waals surface area contributed by atoms with Crippen molar-refractivity contribution >= 4 is 54.2 Å². The normalized spacial score (nSPS) is 16.1. The van der Waals surface area contributed by atoms with Crippen LogP contribution in [-0.2, 0) is 26.5 Å². The monoisotopic (exact) mass is 893 g/mol. The number of hydrogen-bond donors (Lipinski definition) is 2. The Kier molecular flexibility index (Phi) is 15.7. The molecule has 1 aliphatic rings. The van der Waals surface area contributed by atoms with E-state index in [1.165, 1.54) is 24.0 Å². The van der Waals surface area contributed by atoms with Crippen molar-refractivity contribution < 1.29 is 61.5 Å². The zero-order chi connectivity index (χ0) is 37.5. The molecule has 5 rings (SSSR count). The number of anilines is 1. The summed E-state index contributed by atoms with van der Waals surface area (Å²) in [5.74, 6) is -2.86. The number of esters is 1. The molecule has 54 heavy (non-hydrogen) atoms. The van der Waals surface area contributed by atoms with Crippen molar-refractivity contribution in [1.29, 1.82) is 5.26 Å². The summed E-state index contributed by atoms with van der Waals surface area (Å²) < 4.78 is 40.6. The second kappa shape index (κ2) is 19.3. The van der Waals surface area contributed by atoms with E-state index in [1.54, 1.807) is 67.7 Å². The number of rotatable bonds is 14. The van der Waals surface area contributed by atoms with Crippen LogP contribution in [0.2, 0.25) is 0 Å². The Labute approximate surface area is 339 Å². The van der Waals surface area contributed by atoms with Gasteiger partial charge in [-0.25, -0.2) is 18.6 Å². The van der Waals surface area contributed by atoms with Gasteiger partial charge in [-0.05, 0) is 63.0 Å². The second-order valence-corrected chi connectivity index (χ2v) is 13.5. The smallest absolute Gasteiger partial charge is 0.411 e. The molecule has 0 bridgehead atoms. The lowest BCUT2D eigenvalue weighted by Crippen LogP contribution is -3.00. The molecule has 1 unspecified atom stereocenters. The number of aryl methyl sites for hydroxylation is 1. The summed E-state index contributed by atoms with van der Waals surface area (Å²) in [5.41, 5.74) is 1.25. The number of amides is 1. The molecule has 286 valence electrons. The fraction of sp³-hybridized carbons (Fsp3) is 0.297. The van der Waals surface area contributed by atoms with E-state index in [9.17, 15) is 19.1 Å². The van der Waals surface area contributed by atoms with Gasteiger partial charge in [0.25, 0.3) is 0 Å². The third-order valence-electron chi connectivity index (χ3n) is 8.64. The number of aromatic nitrogens is 1. The molecule has 0 spiro atoms. The molecule has 0 aliphatic carbocycles. The van der Waals surface area contributed by atoms with E-state index in [1.807, 2.05) is 13.0 Å². The SMILES string of the molecule is Cc1cccc(NC(=O)OCC[N+]2(C[C@](O)(c3cc(F)ccc3F)[C@@H](C)c3nc(-c4ccc(C#N)cc4)cs3)C=NC=N2)c1COC(=O)CN(C)C.Cl.[I-]. The van der Waals surface area contributed by atoms with E-state index in [0.717, 1.165) is 29.3 Å². The summed E-state index contributed by atoms with van der Waals surface area (Å²) in [6.45, 7) is 3.01. The van der Waals surface area contributed by atoms with Crippen LogP contribution in [0, 0.1) is 29.9 Å². The molecule has 1 aliphatic heterocycles. The third-order valence-corrected chi connectivity index (χ3v) is 9.67. The number of quaternary nitrogens is 1. The molecule has 0 saturated carbocycles. The van der Waals surface area contributed by atoms with Crippen molar-refractivity contribution in [3.63, 3.8) is 0 Å². The number of aliphatic imine (C=N–C) groups is 1. The number of likely N-dealkylation sites (N-methyl/N-ethyl adjacent to an activating group) is 1. The van der Waals surface area contributed by atoms with Gasteiger partial charge in [-0.1, -0.05) is 36.3 Å². The van der Waals surface area contributed by atoms with Gasteiger partial charge in [0.2, 0.25) is 6.34 Å². The highest BCUT2D eigenvalue weighted by Crippen LogP contribution is 2.42. The Morgan fingerprint density at radius 2 is 1.87 bits per heavy atom. The maximum absolute atomic E-state index is 15.5. The Morgan fingerprint density at radius 3 is 2.54 bits per heavy atom.